The number of hydrogen-bond acceptors (Lipinski definition) is 5. The number of nitrogens with zero attached hydrogens (tertiary/aromatic N) is 3. The zero-order valence-electron chi connectivity index (χ0n) is 10.1. The second-order valence-corrected chi connectivity index (χ2v) is 5.41. The Hall–Kier alpha value is -1.33. The van der Waals surface area contributed by atoms with E-state index in [1.54, 1.807) is 18.3 Å². The largest absolute Gasteiger partial charge is 0.383 e. The van der Waals surface area contributed by atoms with E-state index in [-0.39, 0.29) is 5.92 Å². The lowest BCUT2D eigenvalue weighted by molar-refractivity contribution is 0.808. The van der Waals surface area contributed by atoms with Crippen LogP contribution in [0.5, 0.6) is 0 Å². The fraction of sp³-hybridized carbons (Fsp3) is 0.250. The number of pyridine rings is 1. The summed E-state index contributed by atoms with van der Waals surface area (Å²) in [6.45, 7) is 4.11. The van der Waals surface area contributed by atoms with E-state index in [1.165, 1.54) is 18.1 Å². The summed E-state index contributed by atoms with van der Waals surface area (Å²) >= 11 is 7.50. The summed E-state index contributed by atoms with van der Waals surface area (Å²) in [5.74, 6) is 0.755. The molecule has 0 radical (unpaired) electrons. The molecule has 2 aromatic heterocycles. The van der Waals surface area contributed by atoms with Crippen LogP contribution in [0.25, 0.3) is 0 Å². The van der Waals surface area contributed by atoms with Gasteiger partial charge in [0.1, 0.15) is 22.2 Å². The average molecular weight is 281 g/mol. The first kappa shape index (κ1) is 13.1. The topological polar surface area (TPSA) is 64.7 Å². The molecule has 2 heterocycles. The third kappa shape index (κ3) is 2.73. The molecule has 0 aliphatic rings. The lowest BCUT2D eigenvalue weighted by atomic mass is 10.1. The number of anilines is 1. The molecule has 0 atom stereocenters. The highest BCUT2D eigenvalue weighted by Gasteiger charge is 2.15. The van der Waals surface area contributed by atoms with Crippen molar-refractivity contribution >= 4 is 29.2 Å². The highest BCUT2D eigenvalue weighted by Crippen LogP contribution is 2.36. The van der Waals surface area contributed by atoms with Crippen LogP contribution in [-0.4, -0.2) is 15.0 Å². The smallest absolute Gasteiger partial charge is 0.131 e. The fourth-order valence-electron chi connectivity index (χ4n) is 1.55. The summed E-state index contributed by atoms with van der Waals surface area (Å²) in [4.78, 5) is 12.5. The lowest BCUT2D eigenvalue weighted by Crippen LogP contribution is -2.03. The number of halogens is 1. The molecule has 18 heavy (non-hydrogen) atoms. The minimum absolute atomic E-state index is 0.246. The van der Waals surface area contributed by atoms with E-state index in [9.17, 15) is 0 Å². The second-order valence-electron chi connectivity index (χ2n) is 4.02. The minimum Gasteiger partial charge on any atom is -0.383 e. The number of nitrogen functional groups attached to an aromatic ring is 1. The molecular weight excluding hydrogens is 268 g/mol. The zero-order chi connectivity index (χ0) is 13.1. The van der Waals surface area contributed by atoms with Crippen molar-refractivity contribution in [2.75, 3.05) is 5.73 Å². The molecule has 2 N–H and O–H groups in total. The van der Waals surface area contributed by atoms with Crippen molar-refractivity contribution < 1.29 is 0 Å². The molecule has 0 aliphatic carbocycles. The molecule has 2 aromatic rings. The summed E-state index contributed by atoms with van der Waals surface area (Å²) in [5, 5.41) is 2.13. The van der Waals surface area contributed by atoms with E-state index in [1.807, 2.05) is 0 Å². The molecule has 0 saturated carbocycles. The first-order valence-electron chi connectivity index (χ1n) is 5.48. The highest BCUT2D eigenvalue weighted by molar-refractivity contribution is 7.99. The average Bonchev–Trinajstić information content (AvgIpc) is 2.31. The van der Waals surface area contributed by atoms with Gasteiger partial charge in [0.15, 0.2) is 0 Å². The van der Waals surface area contributed by atoms with E-state index in [0.717, 1.165) is 15.6 Å². The molecule has 0 spiro atoms. The first-order chi connectivity index (χ1) is 8.59. The molecule has 6 heteroatoms. The summed E-state index contributed by atoms with van der Waals surface area (Å²) in [6, 6.07) is 3.60. The molecule has 0 amide bonds. The molecule has 0 aromatic carbocycles. The van der Waals surface area contributed by atoms with E-state index in [0.29, 0.717) is 10.8 Å². The van der Waals surface area contributed by atoms with Gasteiger partial charge in [0.2, 0.25) is 0 Å². The minimum atomic E-state index is 0.246. The zero-order valence-corrected chi connectivity index (χ0v) is 11.7. The summed E-state index contributed by atoms with van der Waals surface area (Å²) < 4.78 is 0. The highest BCUT2D eigenvalue weighted by atomic mass is 35.5. The summed E-state index contributed by atoms with van der Waals surface area (Å²) in [7, 11) is 0. The van der Waals surface area contributed by atoms with E-state index in [2.05, 4.69) is 28.8 Å². The summed E-state index contributed by atoms with van der Waals surface area (Å²) in [6.07, 6.45) is 3.16. The van der Waals surface area contributed by atoms with Gasteiger partial charge in [-0.15, -0.1) is 0 Å². The van der Waals surface area contributed by atoms with Crippen molar-refractivity contribution in [2.45, 2.75) is 29.8 Å². The standard InChI is InChI=1S/C12H13ClN4S/c1-7(2)9-10(14)16-6-17-12(9)18-11-8(13)4-3-5-15-11/h3-7H,1-2H3,(H2,14,16,17). The van der Waals surface area contributed by atoms with Crippen LogP contribution in [0.3, 0.4) is 0 Å². The molecule has 0 unspecified atom stereocenters. The quantitative estimate of drug-likeness (QED) is 0.873. The Balaban J connectivity index is 2.41. The van der Waals surface area contributed by atoms with Crippen LogP contribution in [0.1, 0.15) is 25.3 Å². The van der Waals surface area contributed by atoms with Gasteiger partial charge in [-0.1, -0.05) is 25.4 Å². The van der Waals surface area contributed by atoms with Gasteiger partial charge >= 0.3 is 0 Å². The first-order valence-corrected chi connectivity index (χ1v) is 6.67. The number of aromatic nitrogens is 3. The van der Waals surface area contributed by atoms with E-state index >= 15 is 0 Å². The van der Waals surface area contributed by atoms with Crippen molar-refractivity contribution in [3.8, 4) is 0 Å². The maximum atomic E-state index is 6.09. The molecule has 2 rings (SSSR count). The molecule has 0 aliphatic heterocycles. The van der Waals surface area contributed by atoms with Gasteiger partial charge in [0.05, 0.1) is 5.02 Å². The lowest BCUT2D eigenvalue weighted by Gasteiger charge is -2.12. The molecule has 0 saturated heterocycles. The Morgan fingerprint density at radius 3 is 2.67 bits per heavy atom. The maximum Gasteiger partial charge on any atom is 0.131 e. The number of rotatable bonds is 3. The molecule has 4 nitrogen and oxygen atoms in total. The summed E-state index contributed by atoms with van der Waals surface area (Å²) in [5.41, 5.74) is 6.83. The van der Waals surface area contributed by atoms with Crippen LogP contribution in [0.2, 0.25) is 5.02 Å². The predicted molar refractivity (Wildman–Crippen MR) is 73.9 cm³/mol. The van der Waals surface area contributed by atoms with Gasteiger partial charge in [0, 0.05) is 11.8 Å². The van der Waals surface area contributed by atoms with Crippen molar-refractivity contribution in [3.63, 3.8) is 0 Å². The third-order valence-corrected chi connectivity index (χ3v) is 3.83. The predicted octanol–water partition coefficient (Wildman–Crippen LogP) is 3.38. The third-order valence-electron chi connectivity index (χ3n) is 2.37. The Labute approximate surface area is 115 Å². The van der Waals surface area contributed by atoms with E-state index < -0.39 is 0 Å². The normalized spacial score (nSPS) is 10.9. The Morgan fingerprint density at radius 1 is 1.22 bits per heavy atom. The van der Waals surface area contributed by atoms with Crippen molar-refractivity contribution in [1.82, 2.24) is 15.0 Å². The SMILES string of the molecule is CC(C)c1c(N)ncnc1Sc1ncccc1Cl. The Kier molecular flexibility index (Phi) is 4.04. The molecular formula is C12H13ClN4S. The van der Waals surface area contributed by atoms with Crippen LogP contribution < -0.4 is 5.73 Å². The molecule has 94 valence electrons. The van der Waals surface area contributed by atoms with Gasteiger partial charge in [0.25, 0.3) is 0 Å². The van der Waals surface area contributed by atoms with Gasteiger partial charge in [-0.3, -0.25) is 0 Å². The van der Waals surface area contributed by atoms with Gasteiger partial charge in [-0.05, 0) is 29.8 Å². The maximum absolute atomic E-state index is 6.09. The monoisotopic (exact) mass is 280 g/mol. The fourth-order valence-corrected chi connectivity index (χ4v) is 2.80. The van der Waals surface area contributed by atoms with Crippen LogP contribution >= 0.6 is 23.4 Å². The van der Waals surface area contributed by atoms with Crippen molar-refractivity contribution in [3.05, 3.63) is 35.2 Å². The van der Waals surface area contributed by atoms with Crippen molar-refractivity contribution in [1.29, 1.82) is 0 Å². The van der Waals surface area contributed by atoms with Crippen LogP contribution in [0.4, 0.5) is 5.82 Å². The van der Waals surface area contributed by atoms with Gasteiger partial charge in [-0.2, -0.15) is 0 Å². The number of nitrogens with two attached hydrogens (primary N) is 1. The second kappa shape index (κ2) is 5.54. The van der Waals surface area contributed by atoms with Crippen LogP contribution in [0, 0.1) is 0 Å². The van der Waals surface area contributed by atoms with Crippen molar-refractivity contribution in [2.24, 2.45) is 0 Å². The molecule has 0 bridgehead atoms. The van der Waals surface area contributed by atoms with Gasteiger partial charge in [-0.25, -0.2) is 15.0 Å². The van der Waals surface area contributed by atoms with Crippen LogP contribution in [0.15, 0.2) is 34.7 Å². The Morgan fingerprint density at radius 2 is 2.00 bits per heavy atom. The Bertz CT molecular complexity index is 560. The molecule has 0 fully saturated rings. The van der Waals surface area contributed by atoms with Gasteiger partial charge < -0.3 is 5.73 Å². The number of hydrogen-bond donors (Lipinski definition) is 1. The van der Waals surface area contributed by atoms with E-state index in [4.69, 9.17) is 17.3 Å². The van der Waals surface area contributed by atoms with Crippen LogP contribution in [-0.2, 0) is 0 Å².